The average Bonchev–Trinajstić information content (AvgIpc) is 3.03. The fraction of sp³-hybridized carbons (Fsp3) is 0.189. The third-order valence-electron chi connectivity index (χ3n) is 9.31. The second kappa shape index (κ2) is 10.6. The molecule has 10 heteroatoms. The Labute approximate surface area is 269 Å². The van der Waals surface area contributed by atoms with Gasteiger partial charge in [-0.3, -0.25) is 0 Å². The van der Waals surface area contributed by atoms with Crippen molar-refractivity contribution in [1.29, 1.82) is 0 Å². The third kappa shape index (κ3) is 4.76. The molecule has 0 amide bonds. The van der Waals surface area contributed by atoms with Crippen molar-refractivity contribution in [1.82, 2.24) is 0 Å². The zero-order valence-corrected chi connectivity index (χ0v) is 26.0. The summed E-state index contributed by atoms with van der Waals surface area (Å²) in [5, 5.41) is 0. The van der Waals surface area contributed by atoms with Crippen LogP contribution in [0.15, 0.2) is 103 Å². The van der Waals surface area contributed by atoms with E-state index in [0.717, 1.165) is 35.6 Å². The van der Waals surface area contributed by atoms with Crippen LogP contribution in [0, 0.1) is 0 Å². The number of anilines is 2. The highest BCUT2D eigenvalue weighted by atomic mass is 19.4. The number of alkyl halides is 6. The first-order chi connectivity index (χ1) is 22.2. The highest BCUT2D eigenvalue weighted by molar-refractivity contribution is 6.96. The molecule has 0 fully saturated rings. The van der Waals surface area contributed by atoms with Crippen molar-refractivity contribution < 1.29 is 31.1 Å². The Bertz CT molecular complexity index is 1900. The maximum atomic E-state index is 14.4. The van der Waals surface area contributed by atoms with Crippen molar-refractivity contribution in [3.8, 4) is 11.5 Å². The predicted molar refractivity (Wildman–Crippen MR) is 175 cm³/mol. The van der Waals surface area contributed by atoms with Crippen LogP contribution in [-0.4, -0.2) is 34.9 Å². The molecule has 5 aromatic carbocycles. The normalized spacial score (nSPS) is 14.5. The summed E-state index contributed by atoms with van der Waals surface area (Å²) in [7, 11) is 7.52. The molecule has 0 N–H and O–H groups in total. The van der Waals surface area contributed by atoms with Crippen LogP contribution < -0.4 is 30.9 Å². The summed E-state index contributed by atoms with van der Waals surface area (Å²) in [5.74, 6) is 0.934. The smallest absolute Gasteiger partial charge is 0.416 e. The van der Waals surface area contributed by atoms with Gasteiger partial charge in [0, 0.05) is 62.8 Å². The lowest BCUT2D eigenvalue weighted by atomic mass is 9.30. The molecule has 0 saturated carbocycles. The summed E-state index contributed by atoms with van der Waals surface area (Å²) in [4.78, 5) is 3.81. The molecule has 5 aromatic rings. The van der Waals surface area contributed by atoms with E-state index in [1.807, 2.05) is 74.4 Å². The summed E-state index contributed by atoms with van der Waals surface area (Å²) in [6.45, 7) is -0.909. The number of halogens is 6. The maximum absolute atomic E-state index is 14.4. The molecular formula is C37H29BF6N2O. The predicted octanol–water partition coefficient (Wildman–Crippen LogP) is 7.17. The Morgan fingerprint density at radius 3 is 1.36 bits per heavy atom. The summed E-state index contributed by atoms with van der Waals surface area (Å²) in [6, 6.07) is 27.3. The lowest BCUT2D eigenvalue weighted by Crippen LogP contribution is -2.62. The van der Waals surface area contributed by atoms with Gasteiger partial charge in [0.25, 0.3) is 0 Å². The first kappa shape index (κ1) is 30.8. The molecule has 0 aromatic heterocycles. The Balaban J connectivity index is 1.68. The first-order valence-corrected chi connectivity index (χ1v) is 15.0. The Morgan fingerprint density at radius 2 is 0.957 bits per heavy atom. The topological polar surface area (TPSA) is 15.7 Å². The van der Waals surface area contributed by atoms with Crippen molar-refractivity contribution in [2.24, 2.45) is 0 Å². The summed E-state index contributed by atoms with van der Waals surface area (Å²) in [5.41, 5.74) is 2.10. The molecule has 238 valence electrons. The lowest BCUT2D eigenvalue weighted by Gasteiger charge is -2.47. The van der Waals surface area contributed by atoms with Crippen molar-refractivity contribution in [3.63, 3.8) is 0 Å². The minimum Gasteiger partial charge on any atom is -0.457 e. The second-order valence-electron chi connectivity index (χ2n) is 12.4. The van der Waals surface area contributed by atoms with Crippen molar-refractivity contribution >= 4 is 34.5 Å². The van der Waals surface area contributed by atoms with E-state index in [2.05, 4.69) is 0 Å². The van der Waals surface area contributed by atoms with E-state index in [9.17, 15) is 26.3 Å². The Morgan fingerprint density at radius 1 is 0.532 bits per heavy atom. The summed E-state index contributed by atoms with van der Waals surface area (Å²) in [6.07, 6.45) is -9.35. The molecule has 0 atom stereocenters. The minimum absolute atomic E-state index is 0.282. The molecule has 2 heterocycles. The molecule has 1 spiro atoms. The number of rotatable bonds is 3. The SMILES string of the molecule is CN(C)c1ccc2c(c1)Oc1cc(N(C)C)ccc1C21c2ccc(C(F)(F)F)cc2B(c2ccccc2)c2cc(C(F)(F)F)ccc21. The quantitative estimate of drug-likeness (QED) is 0.150. The number of hydrogen-bond donors (Lipinski definition) is 0. The first-order valence-electron chi connectivity index (χ1n) is 15.0. The molecule has 0 aliphatic carbocycles. The van der Waals surface area contributed by atoms with Gasteiger partial charge in [-0.15, -0.1) is 0 Å². The Kier molecular flexibility index (Phi) is 6.93. The molecule has 47 heavy (non-hydrogen) atoms. The van der Waals surface area contributed by atoms with Crippen LogP contribution in [0.5, 0.6) is 11.5 Å². The van der Waals surface area contributed by atoms with E-state index in [4.69, 9.17) is 4.74 Å². The van der Waals surface area contributed by atoms with E-state index >= 15 is 0 Å². The van der Waals surface area contributed by atoms with Crippen LogP contribution in [0.4, 0.5) is 37.7 Å². The molecule has 2 aliphatic rings. The third-order valence-corrected chi connectivity index (χ3v) is 9.31. The number of ether oxygens (including phenoxy) is 1. The van der Waals surface area contributed by atoms with Crippen molar-refractivity contribution in [3.05, 3.63) is 137 Å². The molecule has 0 unspecified atom stereocenters. The van der Waals surface area contributed by atoms with Gasteiger partial charge in [-0.05, 0) is 35.4 Å². The molecule has 2 aliphatic heterocycles. The van der Waals surface area contributed by atoms with Crippen LogP contribution in [0.2, 0.25) is 0 Å². The number of fused-ring (bicyclic) bond motifs is 8. The van der Waals surface area contributed by atoms with E-state index in [1.165, 1.54) is 12.1 Å². The van der Waals surface area contributed by atoms with Crippen LogP contribution in [0.3, 0.4) is 0 Å². The summed E-state index contributed by atoms with van der Waals surface area (Å²) >= 11 is 0. The fourth-order valence-electron chi connectivity index (χ4n) is 7.17. The maximum Gasteiger partial charge on any atom is 0.416 e. The fourth-order valence-corrected chi connectivity index (χ4v) is 7.17. The standard InChI is InChI=1S/C37H29BF6N2O/c1-45(2)25-12-16-29-33(20-25)47-34-21-26(46(3)4)13-17-30(34)35(29)27-14-10-22(36(39,40)41)18-31(27)38(24-8-6-5-7-9-24)32-19-23(37(42,43)44)11-15-28(32)35/h5-21H,1-4H3. The summed E-state index contributed by atoms with van der Waals surface area (Å²) < 4.78 is 92.8. The molecule has 3 nitrogen and oxygen atoms in total. The minimum atomic E-state index is -4.68. The van der Waals surface area contributed by atoms with Gasteiger partial charge in [-0.25, -0.2) is 0 Å². The van der Waals surface area contributed by atoms with Gasteiger partial charge in [0.05, 0.1) is 16.5 Å². The zero-order valence-electron chi connectivity index (χ0n) is 26.0. The van der Waals surface area contributed by atoms with E-state index in [0.29, 0.717) is 39.2 Å². The van der Waals surface area contributed by atoms with Gasteiger partial charge >= 0.3 is 12.4 Å². The van der Waals surface area contributed by atoms with Gasteiger partial charge < -0.3 is 14.5 Å². The van der Waals surface area contributed by atoms with Crippen molar-refractivity contribution in [2.45, 2.75) is 17.8 Å². The number of hydrogen-bond acceptors (Lipinski definition) is 3. The molecule has 0 saturated heterocycles. The molecule has 0 radical (unpaired) electrons. The van der Waals surface area contributed by atoms with E-state index in [-0.39, 0.29) is 10.9 Å². The average molecular weight is 642 g/mol. The van der Waals surface area contributed by atoms with Crippen LogP contribution >= 0.6 is 0 Å². The van der Waals surface area contributed by atoms with Crippen LogP contribution in [0.25, 0.3) is 0 Å². The van der Waals surface area contributed by atoms with Crippen LogP contribution in [-0.2, 0) is 17.8 Å². The second-order valence-corrected chi connectivity index (χ2v) is 12.4. The van der Waals surface area contributed by atoms with Gasteiger partial charge in [0.2, 0.25) is 6.71 Å². The number of nitrogens with zero attached hydrogens (tertiary/aromatic N) is 2. The van der Waals surface area contributed by atoms with E-state index in [1.54, 1.807) is 30.3 Å². The van der Waals surface area contributed by atoms with Gasteiger partial charge in [-0.1, -0.05) is 83.1 Å². The van der Waals surface area contributed by atoms with Crippen LogP contribution in [0.1, 0.15) is 33.4 Å². The van der Waals surface area contributed by atoms with Gasteiger partial charge in [0.1, 0.15) is 11.5 Å². The molecule has 7 rings (SSSR count). The van der Waals surface area contributed by atoms with Gasteiger partial charge in [0.15, 0.2) is 0 Å². The zero-order chi connectivity index (χ0) is 33.5. The Hall–Kier alpha value is -4.86. The van der Waals surface area contributed by atoms with Crippen molar-refractivity contribution in [2.75, 3.05) is 38.0 Å². The highest BCUT2D eigenvalue weighted by Crippen LogP contribution is 2.57. The molecular weight excluding hydrogens is 613 g/mol. The highest BCUT2D eigenvalue weighted by Gasteiger charge is 2.53. The number of benzene rings is 5. The monoisotopic (exact) mass is 642 g/mol. The van der Waals surface area contributed by atoms with E-state index < -0.39 is 35.6 Å². The lowest BCUT2D eigenvalue weighted by molar-refractivity contribution is -0.138. The largest absolute Gasteiger partial charge is 0.457 e. The van der Waals surface area contributed by atoms with Gasteiger partial charge in [-0.2, -0.15) is 26.3 Å². The molecule has 0 bridgehead atoms.